The Bertz CT molecular complexity index is 559. The molecule has 0 aliphatic carbocycles. The van der Waals surface area contributed by atoms with Gasteiger partial charge in [-0.05, 0) is 56.4 Å². The second kappa shape index (κ2) is 9.42. The van der Waals surface area contributed by atoms with Crippen molar-refractivity contribution in [1.29, 1.82) is 0 Å². The molecule has 0 spiro atoms. The number of carbonyl (C=O) groups is 2. The minimum Gasteiger partial charge on any atom is -0.378 e. The summed E-state index contributed by atoms with van der Waals surface area (Å²) in [6.07, 6.45) is 1.48. The smallest absolute Gasteiger partial charge is 0.226 e. The van der Waals surface area contributed by atoms with Gasteiger partial charge < -0.3 is 15.4 Å². The van der Waals surface area contributed by atoms with Crippen LogP contribution in [0.3, 0.4) is 0 Å². The maximum absolute atomic E-state index is 12.0. The lowest BCUT2D eigenvalue weighted by Crippen LogP contribution is -2.18. The lowest BCUT2D eigenvalue weighted by atomic mass is 10.1. The highest BCUT2D eigenvalue weighted by molar-refractivity contribution is 5.93. The fourth-order valence-corrected chi connectivity index (χ4v) is 2.72. The van der Waals surface area contributed by atoms with Gasteiger partial charge in [0.05, 0.1) is 19.1 Å². The second-order valence-electron chi connectivity index (χ2n) is 6.78. The zero-order valence-electron chi connectivity index (χ0n) is 15.7. The summed E-state index contributed by atoms with van der Waals surface area (Å²) < 4.78 is 5.66. The molecule has 1 rings (SSSR count). The van der Waals surface area contributed by atoms with Crippen molar-refractivity contribution in [1.82, 2.24) is 0 Å². The zero-order valence-corrected chi connectivity index (χ0v) is 15.7. The molecule has 0 bridgehead atoms. The first-order chi connectivity index (χ1) is 11.2. The highest BCUT2D eigenvalue weighted by atomic mass is 16.5. The van der Waals surface area contributed by atoms with E-state index in [1.54, 1.807) is 0 Å². The van der Waals surface area contributed by atoms with Crippen LogP contribution in [0.4, 0.5) is 11.4 Å². The predicted octanol–water partition coefficient (Wildman–Crippen LogP) is 4.04. The fourth-order valence-electron chi connectivity index (χ4n) is 2.72. The van der Waals surface area contributed by atoms with Crippen LogP contribution >= 0.6 is 0 Å². The zero-order chi connectivity index (χ0) is 18.3. The van der Waals surface area contributed by atoms with Gasteiger partial charge in [0.15, 0.2) is 0 Å². The Kier molecular flexibility index (Phi) is 7.92. The van der Waals surface area contributed by atoms with Crippen LogP contribution in [-0.4, -0.2) is 24.5 Å². The van der Waals surface area contributed by atoms with Crippen LogP contribution in [0, 0.1) is 19.8 Å². The molecule has 5 heteroatoms. The largest absolute Gasteiger partial charge is 0.378 e. The van der Waals surface area contributed by atoms with Gasteiger partial charge in [0.25, 0.3) is 0 Å². The number of carbonyl (C=O) groups excluding carboxylic acids is 2. The summed E-state index contributed by atoms with van der Waals surface area (Å²) in [5, 5.41) is 5.70. The molecule has 0 saturated carbocycles. The van der Waals surface area contributed by atoms with Crippen molar-refractivity contribution < 1.29 is 14.3 Å². The highest BCUT2D eigenvalue weighted by Crippen LogP contribution is 2.25. The maximum Gasteiger partial charge on any atom is 0.226 e. The quantitative estimate of drug-likeness (QED) is 0.754. The summed E-state index contributed by atoms with van der Waals surface area (Å²) in [4.78, 5) is 23.3. The van der Waals surface area contributed by atoms with Gasteiger partial charge in [0, 0.05) is 18.3 Å². The lowest BCUT2D eigenvalue weighted by molar-refractivity contribution is -0.117. The van der Waals surface area contributed by atoms with Crippen LogP contribution in [0.25, 0.3) is 0 Å². The molecule has 134 valence electrons. The summed E-state index contributed by atoms with van der Waals surface area (Å²) in [7, 11) is 0. The minimum atomic E-state index is -0.106. The van der Waals surface area contributed by atoms with E-state index in [0.29, 0.717) is 18.9 Å². The third-order valence-electron chi connectivity index (χ3n) is 3.65. The SMILES string of the molecule is CC(=O)Nc1c(C)cc(NC(=O)CCO[C@H](C)CC(C)C)cc1C. The van der Waals surface area contributed by atoms with Gasteiger partial charge in [-0.1, -0.05) is 13.8 Å². The normalized spacial score (nSPS) is 12.1. The van der Waals surface area contributed by atoms with Crippen molar-refractivity contribution in [2.24, 2.45) is 5.92 Å². The molecule has 1 aromatic carbocycles. The Morgan fingerprint density at radius 3 is 2.17 bits per heavy atom. The fraction of sp³-hybridized carbons (Fsp3) is 0.579. The first-order valence-electron chi connectivity index (χ1n) is 8.49. The van der Waals surface area contributed by atoms with Gasteiger partial charge >= 0.3 is 0 Å². The van der Waals surface area contributed by atoms with E-state index in [1.165, 1.54) is 6.92 Å². The predicted molar refractivity (Wildman–Crippen MR) is 98.3 cm³/mol. The van der Waals surface area contributed by atoms with Crippen molar-refractivity contribution in [3.8, 4) is 0 Å². The van der Waals surface area contributed by atoms with Crippen LogP contribution in [0.5, 0.6) is 0 Å². The third-order valence-corrected chi connectivity index (χ3v) is 3.65. The molecule has 0 radical (unpaired) electrons. The maximum atomic E-state index is 12.0. The molecule has 1 atom stereocenters. The van der Waals surface area contributed by atoms with Gasteiger partial charge in [-0.25, -0.2) is 0 Å². The Morgan fingerprint density at radius 2 is 1.67 bits per heavy atom. The van der Waals surface area contributed by atoms with E-state index in [1.807, 2.05) is 32.9 Å². The molecule has 0 fully saturated rings. The van der Waals surface area contributed by atoms with Crippen LogP contribution in [0.1, 0.15) is 51.7 Å². The Hall–Kier alpha value is -1.88. The number of anilines is 2. The van der Waals surface area contributed by atoms with E-state index in [9.17, 15) is 9.59 Å². The van der Waals surface area contributed by atoms with E-state index in [-0.39, 0.29) is 17.9 Å². The minimum absolute atomic E-state index is 0.0715. The molecule has 2 N–H and O–H groups in total. The van der Waals surface area contributed by atoms with Crippen LogP contribution in [0.2, 0.25) is 0 Å². The number of nitrogens with one attached hydrogen (secondary N) is 2. The van der Waals surface area contributed by atoms with Crippen molar-refractivity contribution >= 4 is 23.2 Å². The highest BCUT2D eigenvalue weighted by Gasteiger charge is 2.10. The Labute approximate surface area is 145 Å². The Morgan fingerprint density at radius 1 is 1.08 bits per heavy atom. The number of hydrogen-bond acceptors (Lipinski definition) is 3. The number of ether oxygens (including phenoxy) is 1. The molecule has 5 nitrogen and oxygen atoms in total. The molecule has 1 aromatic rings. The second-order valence-corrected chi connectivity index (χ2v) is 6.78. The molecular formula is C19H30N2O3. The first-order valence-corrected chi connectivity index (χ1v) is 8.49. The van der Waals surface area contributed by atoms with E-state index in [0.717, 1.165) is 28.9 Å². The molecule has 0 saturated heterocycles. The summed E-state index contributed by atoms with van der Waals surface area (Å²) in [6, 6.07) is 3.72. The molecule has 24 heavy (non-hydrogen) atoms. The van der Waals surface area contributed by atoms with E-state index < -0.39 is 0 Å². The topological polar surface area (TPSA) is 67.4 Å². The summed E-state index contributed by atoms with van der Waals surface area (Å²) >= 11 is 0. The average Bonchev–Trinajstić information content (AvgIpc) is 2.41. The van der Waals surface area contributed by atoms with Gasteiger partial charge in [-0.2, -0.15) is 0 Å². The van der Waals surface area contributed by atoms with Crippen molar-refractivity contribution in [3.05, 3.63) is 23.3 Å². The summed E-state index contributed by atoms with van der Waals surface area (Å²) in [5.41, 5.74) is 3.37. The summed E-state index contributed by atoms with van der Waals surface area (Å²) in [6.45, 7) is 12.1. The molecule has 0 heterocycles. The van der Waals surface area contributed by atoms with Crippen LogP contribution in [-0.2, 0) is 14.3 Å². The van der Waals surface area contributed by atoms with Gasteiger partial charge in [0.2, 0.25) is 11.8 Å². The number of benzene rings is 1. The van der Waals surface area contributed by atoms with Gasteiger partial charge in [-0.3, -0.25) is 9.59 Å². The van der Waals surface area contributed by atoms with Crippen molar-refractivity contribution in [2.45, 2.75) is 60.5 Å². The first kappa shape index (κ1) is 20.2. The number of rotatable bonds is 8. The van der Waals surface area contributed by atoms with Crippen molar-refractivity contribution in [2.75, 3.05) is 17.2 Å². The standard InChI is InChI=1S/C19H30N2O3/c1-12(2)9-15(5)24-8-7-18(23)21-17-10-13(3)19(14(4)11-17)20-16(6)22/h10-12,15H,7-9H2,1-6H3,(H,20,22)(H,21,23)/t15-/m1/s1. The monoisotopic (exact) mass is 334 g/mol. The van der Waals surface area contributed by atoms with Gasteiger partial charge in [-0.15, -0.1) is 0 Å². The molecular weight excluding hydrogens is 304 g/mol. The third kappa shape index (κ3) is 7.13. The number of aryl methyl sites for hydroxylation is 2. The van der Waals surface area contributed by atoms with Gasteiger partial charge in [0.1, 0.15) is 0 Å². The number of amides is 2. The Balaban J connectivity index is 2.54. The lowest BCUT2D eigenvalue weighted by Gasteiger charge is -2.16. The average molecular weight is 334 g/mol. The van der Waals surface area contributed by atoms with E-state index in [2.05, 4.69) is 24.5 Å². The van der Waals surface area contributed by atoms with Crippen LogP contribution in [0.15, 0.2) is 12.1 Å². The van der Waals surface area contributed by atoms with Crippen LogP contribution < -0.4 is 10.6 Å². The molecule has 0 aromatic heterocycles. The molecule has 2 amide bonds. The molecule has 0 unspecified atom stereocenters. The van der Waals surface area contributed by atoms with E-state index >= 15 is 0 Å². The summed E-state index contributed by atoms with van der Waals surface area (Å²) in [5.74, 6) is 0.408. The number of hydrogen-bond donors (Lipinski definition) is 2. The van der Waals surface area contributed by atoms with E-state index in [4.69, 9.17) is 4.74 Å². The van der Waals surface area contributed by atoms with Crippen molar-refractivity contribution in [3.63, 3.8) is 0 Å². The molecule has 0 aliphatic heterocycles. The molecule has 0 aliphatic rings.